The molecule has 0 aromatic heterocycles. The van der Waals surface area contributed by atoms with E-state index >= 15 is 4.39 Å². The third-order valence-electron chi connectivity index (χ3n) is 3.10. The molecule has 1 aliphatic rings. The van der Waals surface area contributed by atoms with Crippen LogP contribution in [0, 0.1) is 5.82 Å². The summed E-state index contributed by atoms with van der Waals surface area (Å²) in [6, 6.07) is -1.76. The maximum atomic E-state index is 15.1. The quantitative estimate of drug-likeness (QED) is 0.795. The van der Waals surface area contributed by atoms with Gasteiger partial charge in [0.2, 0.25) is 0 Å². The maximum absolute atomic E-state index is 15.1. The molecule has 2 nitrogen and oxygen atoms in total. The summed E-state index contributed by atoms with van der Waals surface area (Å²) in [7, 11) is 0. The highest BCUT2D eigenvalue weighted by molar-refractivity contribution is 5.29. The Morgan fingerprint density at radius 3 is 2.55 bits per heavy atom. The van der Waals surface area contributed by atoms with Gasteiger partial charge in [0.25, 0.3) is 0 Å². The van der Waals surface area contributed by atoms with E-state index in [2.05, 4.69) is 0 Å². The highest BCUT2D eigenvalue weighted by atomic mass is 19.1. The molecule has 0 amide bonds. The lowest BCUT2D eigenvalue weighted by molar-refractivity contribution is -0.182. The molecule has 3 heteroatoms. The molecule has 0 aliphatic carbocycles. The molecule has 1 unspecified atom stereocenters. The van der Waals surface area contributed by atoms with E-state index < -0.39 is 72.5 Å². The van der Waals surface area contributed by atoms with E-state index in [-0.39, 0.29) is 5.56 Å². The predicted molar refractivity (Wildman–Crippen MR) is 89.6 cm³/mol. The molecule has 22 heavy (non-hydrogen) atoms. The van der Waals surface area contributed by atoms with Crippen LogP contribution in [0.25, 0.3) is 0 Å². The summed E-state index contributed by atoms with van der Waals surface area (Å²) in [6.45, 7) is -0.890. The molecular weight excluding hydrogens is 277 g/mol. The summed E-state index contributed by atoms with van der Waals surface area (Å²) in [5.74, 6) is -1.04. The lowest BCUT2D eigenvalue weighted by atomic mass is 9.86. The Hall–Kier alpha value is -0.930. The zero-order valence-electron chi connectivity index (χ0n) is 23.9. The standard InChI is InChI=1S/C19H30FNO/c1-17(2,3)15-9-8-14(10-16(15)20)11-21-12-18(4,5)22-19(6,7)13-21/h8-10H,11-13H2,1-7H3/i4D3,8D,9D,10D,12D2,13D2. The van der Waals surface area contributed by atoms with Crippen LogP contribution < -0.4 is 0 Å². The largest absolute Gasteiger partial charge is 0.367 e. The van der Waals surface area contributed by atoms with Crippen molar-refractivity contribution in [1.29, 1.82) is 0 Å². The Labute approximate surface area is 148 Å². The first kappa shape index (κ1) is 8.25. The first-order valence-corrected chi connectivity index (χ1v) is 7.21. The third-order valence-corrected chi connectivity index (χ3v) is 3.10. The minimum atomic E-state index is -3.00. The lowest BCUT2D eigenvalue weighted by Crippen LogP contribution is -2.56. The van der Waals surface area contributed by atoms with Gasteiger partial charge in [0, 0.05) is 29.1 Å². The van der Waals surface area contributed by atoms with Gasteiger partial charge in [0.05, 0.1) is 15.3 Å². The number of benzene rings is 1. The smallest absolute Gasteiger partial charge is 0.127 e. The number of hydrogen-bond donors (Lipinski definition) is 0. The normalized spacial score (nSPS) is 38.0. The van der Waals surface area contributed by atoms with Gasteiger partial charge in [0.1, 0.15) is 5.82 Å². The zero-order chi connectivity index (χ0) is 25.5. The van der Waals surface area contributed by atoms with Crippen molar-refractivity contribution < 1.29 is 22.8 Å². The van der Waals surface area contributed by atoms with Crippen LogP contribution in [0.3, 0.4) is 0 Å². The predicted octanol–water partition coefficient (Wildman–Crippen LogP) is 4.51. The second-order valence-corrected chi connectivity index (χ2v) is 7.25. The fourth-order valence-corrected chi connectivity index (χ4v) is 2.42. The number of ether oxygens (including phenoxy) is 1. The van der Waals surface area contributed by atoms with E-state index in [9.17, 15) is 0 Å². The van der Waals surface area contributed by atoms with E-state index in [0.29, 0.717) is 4.90 Å². The lowest BCUT2D eigenvalue weighted by Gasteiger charge is -2.47. The summed E-state index contributed by atoms with van der Waals surface area (Å²) in [5.41, 5.74) is -5.72. The van der Waals surface area contributed by atoms with E-state index in [1.54, 1.807) is 20.8 Å². The van der Waals surface area contributed by atoms with Gasteiger partial charge in [-0.25, -0.2) is 4.39 Å². The molecule has 1 aromatic carbocycles. The second kappa shape index (κ2) is 5.61. The maximum Gasteiger partial charge on any atom is 0.127 e. The average molecular weight is 318 g/mol. The minimum Gasteiger partial charge on any atom is -0.367 e. The highest BCUT2D eigenvalue weighted by Gasteiger charge is 2.37. The summed E-state index contributed by atoms with van der Waals surface area (Å²) >= 11 is 0. The van der Waals surface area contributed by atoms with Crippen LogP contribution in [0.1, 0.15) is 73.2 Å². The van der Waals surface area contributed by atoms with Crippen molar-refractivity contribution in [1.82, 2.24) is 4.90 Å². The SMILES string of the molecule is [2H]c1c([2H])c(C(C)(C)C)c(F)c([2H])c1CN1C([2H])([2H])C(C)(C)OC(C)(C([2H])([2H])[2H])C1([2H])[2H]. The first-order chi connectivity index (χ1) is 13.9. The molecule has 1 aliphatic heterocycles. The van der Waals surface area contributed by atoms with Crippen LogP contribution in [-0.2, 0) is 16.7 Å². The topological polar surface area (TPSA) is 12.5 Å². The third kappa shape index (κ3) is 4.30. The van der Waals surface area contributed by atoms with Gasteiger partial charge in [-0.05, 0) is 50.2 Å². The van der Waals surface area contributed by atoms with E-state index in [4.69, 9.17) is 18.4 Å². The van der Waals surface area contributed by atoms with E-state index in [1.165, 1.54) is 13.8 Å². The van der Waals surface area contributed by atoms with Crippen LogP contribution in [0.4, 0.5) is 4.39 Å². The van der Waals surface area contributed by atoms with Crippen molar-refractivity contribution >= 4 is 0 Å². The molecular formula is C19H30FNO. The van der Waals surface area contributed by atoms with Crippen molar-refractivity contribution in [2.45, 2.75) is 71.6 Å². The molecule has 1 fully saturated rings. The number of morpholine rings is 1. The zero-order valence-corrected chi connectivity index (χ0v) is 13.9. The van der Waals surface area contributed by atoms with Crippen LogP contribution in [0.15, 0.2) is 18.1 Å². The fourth-order valence-electron chi connectivity index (χ4n) is 2.42. The van der Waals surface area contributed by atoms with Crippen molar-refractivity contribution in [2.24, 2.45) is 0 Å². The fraction of sp³-hybridized carbons (Fsp3) is 0.684. The first-order valence-electron chi connectivity index (χ1n) is 12.2. The van der Waals surface area contributed by atoms with Crippen LogP contribution in [-0.4, -0.2) is 29.1 Å². The van der Waals surface area contributed by atoms with Gasteiger partial charge in [-0.3, -0.25) is 4.90 Å². The number of rotatable bonds is 2. The Kier molecular flexibility index (Phi) is 2.10. The molecule has 0 spiro atoms. The molecule has 1 atom stereocenters. The van der Waals surface area contributed by atoms with Crippen LogP contribution >= 0.6 is 0 Å². The molecule has 0 bridgehead atoms. The summed E-state index contributed by atoms with van der Waals surface area (Å²) in [4.78, 5) is 0.566. The molecule has 124 valence electrons. The molecule has 1 heterocycles. The van der Waals surface area contributed by atoms with Crippen molar-refractivity contribution in [3.63, 3.8) is 0 Å². The minimum absolute atomic E-state index is 0.142. The summed E-state index contributed by atoms with van der Waals surface area (Å²) in [5, 5.41) is 0. The van der Waals surface area contributed by atoms with Gasteiger partial charge >= 0.3 is 0 Å². The molecule has 1 saturated heterocycles. The van der Waals surface area contributed by atoms with E-state index in [0.717, 1.165) is 6.92 Å². The highest BCUT2D eigenvalue weighted by Crippen LogP contribution is 2.30. The molecule has 0 radical (unpaired) electrons. The Balaban J connectivity index is 2.79. The van der Waals surface area contributed by atoms with E-state index in [1.807, 2.05) is 0 Å². The monoisotopic (exact) mass is 317 g/mol. The molecule has 1 aromatic rings. The second-order valence-electron chi connectivity index (χ2n) is 7.25. The Morgan fingerprint density at radius 2 is 1.95 bits per heavy atom. The van der Waals surface area contributed by atoms with Crippen molar-refractivity contribution in [2.75, 3.05) is 13.0 Å². The average Bonchev–Trinajstić information content (AvgIpc) is 2.56. The number of nitrogens with zero attached hydrogens (tertiary/aromatic N) is 1. The van der Waals surface area contributed by atoms with Crippen molar-refractivity contribution in [3.05, 3.63) is 35.1 Å². The Morgan fingerprint density at radius 1 is 1.32 bits per heavy atom. The van der Waals surface area contributed by atoms with Gasteiger partial charge in [-0.1, -0.05) is 32.9 Å². The van der Waals surface area contributed by atoms with Gasteiger partial charge in [-0.15, -0.1) is 0 Å². The van der Waals surface area contributed by atoms with Crippen molar-refractivity contribution in [3.8, 4) is 0 Å². The molecule has 0 N–H and O–H groups in total. The summed E-state index contributed by atoms with van der Waals surface area (Å²) in [6.07, 6.45) is 0. The van der Waals surface area contributed by atoms with Gasteiger partial charge < -0.3 is 4.74 Å². The Bertz CT molecular complexity index is 893. The van der Waals surface area contributed by atoms with Gasteiger partial charge in [0.15, 0.2) is 0 Å². The molecule has 2 rings (SSSR count). The van der Waals surface area contributed by atoms with Gasteiger partial charge in [-0.2, -0.15) is 0 Å². The van der Waals surface area contributed by atoms with Crippen LogP contribution in [0.2, 0.25) is 0 Å². The number of halogens is 1. The molecule has 0 saturated carbocycles. The van der Waals surface area contributed by atoms with Crippen LogP contribution in [0.5, 0.6) is 0 Å². The summed E-state index contributed by atoms with van der Waals surface area (Å²) < 4.78 is 103. The number of hydrogen-bond acceptors (Lipinski definition) is 2.